The molecule has 0 heterocycles. The predicted molar refractivity (Wildman–Crippen MR) is 77.0 cm³/mol. The predicted octanol–water partition coefficient (Wildman–Crippen LogP) is 4.43. The van der Waals surface area contributed by atoms with E-state index in [2.05, 4.69) is 15.9 Å². The van der Waals surface area contributed by atoms with Gasteiger partial charge in [0.25, 0.3) is 0 Å². The average Bonchev–Trinajstić information content (AvgIpc) is 2.36. The molecule has 0 amide bonds. The number of rotatable bonds is 4. The number of benzene rings is 1. The second-order valence-electron chi connectivity index (χ2n) is 5.42. The summed E-state index contributed by atoms with van der Waals surface area (Å²) in [5.41, 5.74) is 7.20. The Morgan fingerprint density at radius 3 is 2.72 bits per heavy atom. The molecule has 0 spiro atoms. The number of nitrogens with two attached hydrogens (primary N) is 1. The minimum absolute atomic E-state index is 0.145. The summed E-state index contributed by atoms with van der Waals surface area (Å²) < 4.78 is 14.0. The smallest absolute Gasteiger partial charge is 0.137 e. The van der Waals surface area contributed by atoms with E-state index in [0.717, 1.165) is 24.3 Å². The van der Waals surface area contributed by atoms with Crippen molar-refractivity contribution in [3.05, 3.63) is 34.1 Å². The van der Waals surface area contributed by atoms with E-state index in [9.17, 15) is 4.39 Å². The Balaban J connectivity index is 1.90. The van der Waals surface area contributed by atoms with Gasteiger partial charge < -0.3 is 5.73 Å². The van der Waals surface area contributed by atoms with E-state index in [1.807, 2.05) is 6.07 Å². The SMILES string of the molecule is NC(Cc1cccc(F)c1Br)CC1CCCCC1. The summed E-state index contributed by atoms with van der Waals surface area (Å²) in [7, 11) is 0. The fourth-order valence-electron chi connectivity index (χ4n) is 2.92. The van der Waals surface area contributed by atoms with E-state index < -0.39 is 0 Å². The van der Waals surface area contributed by atoms with Crippen molar-refractivity contribution in [2.75, 3.05) is 0 Å². The highest BCUT2D eigenvalue weighted by Gasteiger charge is 2.18. The van der Waals surface area contributed by atoms with E-state index in [4.69, 9.17) is 5.73 Å². The molecule has 1 fully saturated rings. The molecule has 0 radical (unpaired) electrons. The standard InChI is InChI=1S/C15H21BrFN/c16-15-12(7-4-8-14(15)17)10-13(18)9-11-5-2-1-3-6-11/h4,7-8,11,13H,1-3,5-6,9-10,18H2. The first-order valence-corrected chi connectivity index (χ1v) is 7.64. The van der Waals surface area contributed by atoms with Crippen LogP contribution in [0.3, 0.4) is 0 Å². The Bertz CT molecular complexity index is 388. The van der Waals surface area contributed by atoms with Crippen molar-refractivity contribution < 1.29 is 4.39 Å². The second kappa shape index (κ2) is 6.67. The molecule has 0 saturated heterocycles. The van der Waals surface area contributed by atoms with Crippen LogP contribution in [-0.2, 0) is 6.42 Å². The van der Waals surface area contributed by atoms with Gasteiger partial charge in [0.1, 0.15) is 5.82 Å². The van der Waals surface area contributed by atoms with E-state index in [1.54, 1.807) is 6.07 Å². The Morgan fingerprint density at radius 2 is 2.00 bits per heavy atom. The van der Waals surface area contributed by atoms with Crippen molar-refractivity contribution >= 4 is 15.9 Å². The normalized spacial score (nSPS) is 18.8. The fraction of sp³-hybridized carbons (Fsp3) is 0.600. The molecule has 100 valence electrons. The summed E-state index contributed by atoms with van der Waals surface area (Å²) in [6.45, 7) is 0. The maximum Gasteiger partial charge on any atom is 0.137 e. The highest BCUT2D eigenvalue weighted by molar-refractivity contribution is 9.10. The molecule has 1 atom stereocenters. The number of hydrogen-bond donors (Lipinski definition) is 1. The fourth-order valence-corrected chi connectivity index (χ4v) is 3.35. The summed E-state index contributed by atoms with van der Waals surface area (Å²) in [6, 6.07) is 5.32. The van der Waals surface area contributed by atoms with Crippen LogP contribution in [0.4, 0.5) is 4.39 Å². The lowest BCUT2D eigenvalue weighted by Gasteiger charge is -2.24. The summed E-state index contributed by atoms with van der Waals surface area (Å²) in [4.78, 5) is 0. The molecule has 1 unspecified atom stereocenters. The van der Waals surface area contributed by atoms with Crippen LogP contribution in [0.2, 0.25) is 0 Å². The Morgan fingerprint density at radius 1 is 1.28 bits per heavy atom. The third-order valence-electron chi connectivity index (χ3n) is 3.87. The van der Waals surface area contributed by atoms with Crippen molar-refractivity contribution in [2.24, 2.45) is 11.7 Å². The van der Waals surface area contributed by atoms with E-state index in [1.165, 1.54) is 38.2 Å². The second-order valence-corrected chi connectivity index (χ2v) is 6.21. The van der Waals surface area contributed by atoms with Crippen molar-refractivity contribution in [1.82, 2.24) is 0 Å². The van der Waals surface area contributed by atoms with Crippen LogP contribution in [0.15, 0.2) is 22.7 Å². The van der Waals surface area contributed by atoms with Gasteiger partial charge in [-0.05, 0) is 46.3 Å². The Hall–Kier alpha value is -0.410. The third kappa shape index (κ3) is 3.79. The first-order chi connectivity index (χ1) is 8.66. The van der Waals surface area contributed by atoms with Gasteiger partial charge >= 0.3 is 0 Å². The van der Waals surface area contributed by atoms with E-state index >= 15 is 0 Å². The van der Waals surface area contributed by atoms with Crippen molar-refractivity contribution in [3.63, 3.8) is 0 Å². The van der Waals surface area contributed by atoms with Gasteiger partial charge in [-0.15, -0.1) is 0 Å². The van der Waals surface area contributed by atoms with Crippen LogP contribution in [0, 0.1) is 11.7 Å². The van der Waals surface area contributed by atoms with E-state index in [-0.39, 0.29) is 11.9 Å². The lowest BCUT2D eigenvalue weighted by molar-refractivity contribution is 0.316. The van der Waals surface area contributed by atoms with Gasteiger partial charge in [0.05, 0.1) is 4.47 Å². The molecule has 2 rings (SSSR count). The molecule has 1 aliphatic rings. The molecule has 1 nitrogen and oxygen atoms in total. The molecule has 1 aromatic carbocycles. The van der Waals surface area contributed by atoms with Gasteiger partial charge in [-0.25, -0.2) is 4.39 Å². The largest absolute Gasteiger partial charge is 0.327 e. The van der Waals surface area contributed by atoms with Gasteiger partial charge in [-0.1, -0.05) is 44.2 Å². The van der Waals surface area contributed by atoms with Crippen LogP contribution in [0.5, 0.6) is 0 Å². The zero-order valence-electron chi connectivity index (χ0n) is 10.7. The highest BCUT2D eigenvalue weighted by Crippen LogP contribution is 2.28. The third-order valence-corrected chi connectivity index (χ3v) is 4.76. The molecular formula is C15H21BrFN. The molecule has 1 aromatic rings. The minimum Gasteiger partial charge on any atom is -0.327 e. The molecular weight excluding hydrogens is 293 g/mol. The molecule has 1 aliphatic carbocycles. The van der Waals surface area contributed by atoms with Crippen LogP contribution in [0.1, 0.15) is 44.1 Å². The molecule has 18 heavy (non-hydrogen) atoms. The van der Waals surface area contributed by atoms with Gasteiger partial charge in [-0.2, -0.15) is 0 Å². The van der Waals surface area contributed by atoms with Crippen molar-refractivity contribution in [1.29, 1.82) is 0 Å². The van der Waals surface area contributed by atoms with E-state index in [0.29, 0.717) is 4.47 Å². The molecule has 1 saturated carbocycles. The maximum absolute atomic E-state index is 13.4. The van der Waals surface area contributed by atoms with Gasteiger partial charge in [-0.3, -0.25) is 0 Å². The molecule has 0 aliphatic heterocycles. The highest BCUT2D eigenvalue weighted by atomic mass is 79.9. The van der Waals surface area contributed by atoms with Gasteiger partial charge in [0.2, 0.25) is 0 Å². The summed E-state index contributed by atoms with van der Waals surface area (Å²) in [5, 5.41) is 0. The monoisotopic (exact) mass is 313 g/mol. The average molecular weight is 314 g/mol. The first-order valence-electron chi connectivity index (χ1n) is 6.85. The minimum atomic E-state index is -0.197. The van der Waals surface area contributed by atoms with Crippen molar-refractivity contribution in [2.45, 2.75) is 51.0 Å². The van der Waals surface area contributed by atoms with Crippen molar-refractivity contribution in [3.8, 4) is 0 Å². The summed E-state index contributed by atoms with van der Waals surface area (Å²) in [6.07, 6.45) is 8.54. The van der Waals surface area contributed by atoms with Crippen LogP contribution < -0.4 is 5.73 Å². The molecule has 3 heteroatoms. The zero-order chi connectivity index (χ0) is 13.0. The lowest BCUT2D eigenvalue weighted by atomic mass is 9.84. The number of halogens is 2. The quantitative estimate of drug-likeness (QED) is 0.874. The summed E-state index contributed by atoms with van der Waals surface area (Å²) >= 11 is 3.30. The Kier molecular flexibility index (Phi) is 5.19. The van der Waals surface area contributed by atoms with Crippen LogP contribution in [-0.4, -0.2) is 6.04 Å². The Labute approximate surface area is 117 Å². The number of hydrogen-bond acceptors (Lipinski definition) is 1. The molecule has 0 bridgehead atoms. The first kappa shape index (κ1) is 14.0. The van der Waals surface area contributed by atoms with Gasteiger partial charge in [0.15, 0.2) is 0 Å². The zero-order valence-corrected chi connectivity index (χ0v) is 12.3. The van der Waals surface area contributed by atoms with Gasteiger partial charge in [0, 0.05) is 6.04 Å². The lowest BCUT2D eigenvalue weighted by Crippen LogP contribution is -2.27. The maximum atomic E-state index is 13.4. The summed E-state index contributed by atoms with van der Waals surface area (Å²) in [5.74, 6) is 0.582. The molecule has 2 N–H and O–H groups in total. The van der Waals surface area contributed by atoms with Crippen LogP contribution in [0.25, 0.3) is 0 Å². The van der Waals surface area contributed by atoms with Crippen LogP contribution >= 0.6 is 15.9 Å². The molecule has 0 aromatic heterocycles. The topological polar surface area (TPSA) is 26.0 Å².